The van der Waals surface area contributed by atoms with Gasteiger partial charge in [-0.05, 0) is 68.5 Å². The summed E-state index contributed by atoms with van der Waals surface area (Å²) in [6.45, 7) is 0.593. The minimum Gasteiger partial charge on any atom is -0.481 e. The van der Waals surface area contributed by atoms with Crippen molar-refractivity contribution in [3.8, 4) is 0 Å². The number of ether oxygens (including phenoxy) is 8. The van der Waals surface area contributed by atoms with Crippen molar-refractivity contribution in [2.75, 3.05) is 6.61 Å². The van der Waals surface area contributed by atoms with Crippen LogP contribution in [0.4, 0.5) is 0 Å². The van der Waals surface area contributed by atoms with E-state index in [0.717, 1.165) is 25.3 Å². The first-order valence-electron chi connectivity index (χ1n) is 25.6. The van der Waals surface area contributed by atoms with Gasteiger partial charge in [-0.25, -0.2) is 24.0 Å². The summed E-state index contributed by atoms with van der Waals surface area (Å²) in [4.78, 5) is 111. The van der Waals surface area contributed by atoms with E-state index >= 15 is 0 Å². The number of carboxylic acid groups (broad SMARTS) is 2. The Morgan fingerprint density at radius 2 is 1.26 bits per heavy atom. The van der Waals surface area contributed by atoms with Gasteiger partial charge in [0.1, 0.15) is 48.9 Å². The molecule has 24 heteroatoms. The molecule has 4 aliphatic rings. The number of rotatable bonds is 19. The second-order valence-electron chi connectivity index (χ2n) is 19.7. The van der Waals surface area contributed by atoms with Gasteiger partial charge in [-0.2, -0.15) is 0 Å². The van der Waals surface area contributed by atoms with Crippen LogP contribution in [-0.4, -0.2) is 164 Å². The number of esters is 3. The number of carbonyl (C=O) groups excluding carboxylic acids is 4. The standard InChI is InChI=1S/C54H61N3O21/c1-27-39(59)40(60)41(61)52(72-27)78-42-33(55-46(62)34-25-38(58)57-54(70)56-34)23-32(47(63)64)24-35(42)74-53-45(77-51(69)31-20-12-5-13-21-31)44(73-36(48(65)66)22-28-14-6-2-7-15-28)43(76-50(68)30-18-10-4-11-19-30)37(75-53)26-71-49(67)29-16-8-3-9-17-29/h3-5,8-13,16-21,25,27-28,32-33,35-37,39-45,52-53,59-61H,2,6-7,14-15,22-24,26H2,1H3,(H,55,62)(H,63,64)(H,65,66)(H2,56,57,58,70)/t27?,32?,33?,35?,36-,37?,39?,40?,41?,42?,43?,44?,45?,52?,53?/m0/s1. The topological polar surface area (TPSA) is 355 Å². The predicted molar refractivity (Wildman–Crippen MR) is 266 cm³/mol. The minimum atomic E-state index is -2.05. The Labute approximate surface area is 444 Å². The van der Waals surface area contributed by atoms with Crippen LogP contribution in [-0.2, 0) is 47.5 Å². The summed E-state index contributed by atoms with van der Waals surface area (Å²) < 4.78 is 50.3. The van der Waals surface area contributed by atoms with Gasteiger partial charge in [0.15, 0.2) is 30.9 Å². The average Bonchev–Trinajstić information content (AvgIpc) is 3.49. The van der Waals surface area contributed by atoms with Crippen molar-refractivity contribution < 1.29 is 92.2 Å². The highest BCUT2D eigenvalue weighted by atomic mass is 16.8. The lowest BCUT2D eigenvalue weighted by atomic mass is 9.81. The number of aliphatic carboxylic acids is 2. The van der Waals surface area contributed by atoms with Crippen molar-refractivity contribution in [2.24, 2.45) is 11.8 Å². The normalized spacial score (nSPS) is 29.7. The minimum absolute atomic E-state index is 0.0164. The van der Waals surface area contributed by atoms with Crippen molar-refractivity contribution in [3.05, 3.63) is 140 Å². The molecule has 78 heavy (non-hydrogen) atoms. The van der Waals surface area contributed by atoms with E-state index < -0.39 is 164 Å². The SMILES string of the molecule is CC1OC(OC2C(NC(=O)c3cc(=O)[nH]c(=O)[nH]3)CC(C(=O)O)CC2OC2OC(COC(=O)c3ccccc3)C(OC(=O)c3ccccc3)C(O[C@@H](CC3CCCCC3)C(=O)O)C2OC(=O)c2ccccc2)C(O)C(O)C1O. The summed E-state index contributed by atoms with van der Waals surface area (Å²) in [5.74, 6) is -8.46. The molecule has 4 aromatic rings. The van der Waals surface area contributed by atoms with Gasteiger partial charge >= 0.3 is 35.5 Å². The number of carboxylic acids is 2. The molecule has 0 bridgehead atoms. The van der Waals surface area contributed by atoms with Crippen molar-refractivity contribution in [1.82, 2.24) is 15.3 Å². The molecule has 0 spiro atoms. The van der Waals surface area contributed by atoms with Crippen molar-refractivity contribution >= 4 is 35.8 Å². The van der Waals surface area contributed by atoms with Crippen LogP contribution in [0, 0.1) is 11.8 Å². The maximum absolute atomic E-state index is 14.4. The summed E-state index contributed by atoms with van der Waals surface area (Å²) in [6.07, 6.45) is -20.1. The Morgan fingerprint density at radius 3 is 1.83 bits per heavy atom. The summed E-state index contributed by atoms with van der Waals surface area (Å²) in [5, 5.41) is 56.8. The van der Waals surface area contributed by atoms with Crippen LogP contribution in [0.2, 0.25) is 0 Å². The number of amides is 1. The van der Waals surface area contributed by atoms with E-state index in [4.69, 9.17) is 37.9 Å². The maximum atomic E-state index is 14.4. The molecule has 2 saturated heterocycles. The molecule has 24 nitrogen and oxygen atoms in total. The molecule has 3 aromatic carbocycles. The van der Waals surface area contributed by atoms with Crippen LogP contribution < -0.4 is 16.6 Å². The highest BCUT2D eigenvalue weighted by Gasteiger charge is 2.56. The fraction of sp³-hybridized carbons (Fsp3) is 0.481. The van der Waals surface area contributed by atoms with Gasteiger partial charge in [0.2, 0.25) is 0 Å². The third-order valence-corrected chi connectivity index (χ3v) is 14.3. The number of H-pyrrole nitrogens is 2. The highest BCUT2D eigenvalue weighted by molar-refractivity contribution is 5.92. The van der Waals surface area contributed by atoms with Gasteiger partial charge < -0.3 is 73.7 Å². The molecule has 4 fully saturated rings. The first-order valence-corrected chi connectivity index (χ1v) is 25.6. The lowest BCUT2D eigenvalue weighted by Crippen LogP contribution is -2.66. The molecule has 1 amide bonds. The number of aromatic nitrogens is 2. The Bertz CT molecular complexity index is 2800. The van der Waals surface area contributed by atoms with Gasteiger partial charge in [-0.3, -0.25) is 19.4 Å². The number of aliphatic hydroxyl groups is 3. The molecule has 3 heterocycles. The fourth-order valence-corrected chi connectivity index (χ4v) is 10.2. The zero-order chi connectivity index (χ0) is 55.6. The maximum Gasteiger partial charge on any atom is 0.338 e. The van der Waals surface area contributed by atoms with Gasteiger partial charge in [-0.1, -0.05) is 86.7 Å². The number of benzene rings is 3. The zero-order valence-electron chi connectivity index (χ0n) is 42.1. The van der Waals surface area contributed by atoms with E-state index in [9.17, 15) is 63.9 Å². The Kier molecular flexibility index (Phi) is 19.0. The van der Waals surface area contributed by atoms with Gasteiger partial charge in [0, 0.05) is 6.07 Å². The molecule has 2 aliphatic heterocycles. The average molecular weight is 1090 g/mol. The molecule has 2 aliphatic carbocycles. The van der Waals surface area contributed by atoms with E-state index in [-0.39, 0.29) is 29.0 Å². The first-order chi connectivity index (χ1) is 37.4. The first kappa shape index (κ1) is 57.0. The Morgan fingerprint density at radius 1 is 0.667 bits per heavy atom. The van der Waals surface area contributed by atoms with E-state index in [0.29, 0.717) is 12.8 Å². The van der Waals surface area contributed by atoms with Crippen LogP contribution >= 0.6 is 0 Å². The molecule has 2 saturated carbocycles. The van der Waals surface area contributed by atoms with Gasteiger partial charge in [0.25, 0.3) is 11.5 Å². The van der Waals surface area contributed by atoms with E-state index in [1.807, 2.05) is 4.98 Å². The monoisotopic (exact) mass is 1090 g/mol. The molecule has 14 unspecified atom stereocenters. The van der Waals surface area contributed by atoms with Crippen LogP contribution in [0.1, 0.15) is 99.9 Å². The lowest BCUT2D eigenvalue weighted by Gasteiger charge is -2.49. The predicted octanol–water partition coefficient (Wildman–Crippen LogP) is 2.10. The van der Waals surface area contributed by atoms with Crippen molar-refractivity contribution in [2.45, 2.75) is 144 Å². The number of carbonyl (C=O) groups is 6. The number of hydrogen-bond donors (Lipinski definition) is 8. The van der Waals surface area contributed by atoms with Gasteiger partial charge in [-0.15, -0.1) is 0 Å². The second-order valence-corrected chi connectivity index (χ2v) is 19.7. The van der Waals surface area contributed by atoms with Gasteiger partial charge in [0.05, 0.1) is 40.9 Å². The molecule has 1 aromatic heterocycles. The number of nitrogens with one attached hydrogen (secondary N) is 3. The molecular weight excluding hydrogens is 1030 g/mol. The van der Waals surface area contributed by atoms with Crippen LogP contribution in [0.15, 0.2) is 107 Å². The number of aromatic amines is 2. The molecule has 15 atom stereocenters. The Balaban J connectivity index is 1.26. The quantitative estimate of drug-likeness (QED) is 0.0492. The molecule has 0 radical (unpaired) electrons. The van der Waals surface area contributed by atoms with Crippen molar-refractivity contribution in [1.29, 1.82) is 0 Å². The summed E-state index contributed by atoms with van der Waals surface area (Å²) in [6, 6.07) is 22.1. The molecule has 8 rings (SSSR count). The smallest absolute Gasteiger partial charge is 0.338 e. The molecule has 8 N–H and O–H groups in total. The second kappa shape index (κ2) is 26.0. The summed E-state index contributed by atoms with van der Waals surface area (Å²) in [5.41, 5.74) is -2.51. The molecule has 418 valence electrons. The fourth-order valence-electron chi connectivity index (χ4n) is 10.2. The third kappa shape index (κ3) is 14.1. The van der Waals surface area contributed by atoms with Crippen LogP contribution in [0.5, 0.6) is 0 Å². The van der Waals surface area contributed by atoms with E-state index in [1.165, 1.54) is 55.5 Å². The summed E-state index contributed by atoms with van der Waals surface area (Å²) >= 11 is 0. The van der Waals surface area contributed by atoms with Crippen LogP contribution in [0.25, 0.3) is 0 Å². The number of hydrogen-bond acceptors (Lipinski definition) is 19. The van der Waals surface area contributed by atoms with Crippen molar-refractivity contribution in [3.63, 3.8) is 0 Å². The largest absolute Gasteiger partial charge is 0.481 e. The lowest BCUT2D eigenvalue weighted by molar-refractivity contribution is -0.346. The summed E-state index contributed by atoms with van der Waals surface area (Å²) in [7, 11) is 0. The highest BCUT2D eigenvalue weighted by Crippen LogP contribution is 2.39. The Hall–Kier alpha value is -7.16. The third-order valence-electron chi connectivity index (χ3n) is 14.3. The number of aliphatic hydroxyl groups excluding tert-OH is 3. The molecular formula is C54H61N3O21. The van der Waals surface area contributed by atoms with E-state index in [2.05, 4.69) is 10.3 Å². The van der Waals surface area contributed by atoms with Crippen LogP contribution in [0.3, 0.4) is 0 Å². The van der Waals surface area contributed by atoms with E-state index in [1.54, 1.807) is 42.5 Å². The zero-order valence-corrected chi connectivity index (χ0v) is 42.1.